The Bertz CT molecular complexity index is 818. The molecule has 0 bridgehead atoms. The third kappa shape index (κ3) is 4.64. The monoisotopic (exact) mass is 356 g/mol. The second-order valence-electron chi connectivity index (χ2n) is 5.54. The molecular formula is C19H17FN2O2S. The van der Waals surface area contributed by atoms with E-state index in [0.29, 0.717) is 17.9 Å². The molecule has 3 rings (SSSR count). The van der Waals surface area contributed by atoms with Crippen molar-refractivity contribution in [3.05, 3.63) is 82.1 Å². The molecule has 1 N–H and O–H groups in total. The number of rotatable bonds is 6. The molecule has 1 aromatic heterocycles. The Labute approximate surface area is 149 Å². The van der Waals surface area contributed by atoms with E-state index in [-0.39, 0.29) is 17.8 Å². The third-order valence-electron chi connectivity index (χ3n) is 3.70. The molecule has 25 heavy (non-hydrogen) atoms. The number of hydrogen-bond donors (Lipinski definition) is 1. The Morgan fingerprint density at radius 1 is 1.20 bits per heavy atom. The number of thiazole rings is 1. The van der Waals surface area contributed by atoms with Crippen LogP contribution in [0.3, 0.4) is 0 Å². The molecule has 0 aliphatic heterocycles. The van der Waals surface area contributed by atoms with Crippen molar-refractivity contribution >= 4 is 17.2 Å². The van der Waals surface area contributed by atoms with E-state index in [2.05, 4.69) is 10.3 Å². The SMILES string of the molecule is CC(NC(=O)c1ccc(OCc2cscn2)cc1)c1ccc(F)cc1. The number of amides is 1. The van der Waals surface area contributed by atoms with Gasteiger partial charge in [-0.3, -0.25) is 4.79 Å². The number of hydrogen-bond acceptors (Lipinski definition) is 4. The highest BCUT2D eigenvalue weighted by Crippen LogP contribution is 2.17. The van der Waals surface area contributed by atoms with Gasteiger partial charge in [0.25, 0.3) is 5.91 Å². The Hall–Kier alpha value is -2.73. The van der Waals surface area contributed by atoms with Crippen LogP contribution >= 0.6 is 11.3 Å². The van der Waals surface area contributed by atoms with Crippen molar-refractivity contribution in [2.24, 2.45) is 0 Å². The van der Waals surface area contributed by atoms with Crippen molar-refractivity contribution in [2.45, 2.75) is 19.6 Å². The van der Waals surface area contributed by atoms with E-state index in [1.165, 1.54) is 23.5 Å². The molecule has 3 aromatic rings. The average Bonchev–Trinajstić information content (AvgIpc) is 3.14. The molecule has 1 unspecified atom stereocenters. The van der Waals surface area contributed by atoms with Crippen molar-refractivity contribution in [3.8, 4) is 5.75 Å². The van der Waals surface area contributed by atoms with E-state index in [1.54, 1.807) is 41.9 Å². The molecule has 0 saturated carbocycles. The Balaban J connectivity index is 1.57. The van der Waals surface area contributed by atoms with E-state index in [1.807, 2.05) is 12.3 Å². The standard InChI is InChI=1S/C19H17FN2O2S/c1-13(14-2-6-16(20)7-3-14)22-19(23)15-4-8-18(9-5-15)24-10-17-11-25-12-21-17/h2-9,11-13H,10H2,1H3,(H,22,23). The van der Waals surface area contributed by atoms with Gasteiger partial charge in [0.1, 0.15) is 18.2 Å². The second-order valence-corrected chi connectivity index (χ2v) is 6.26. The predicted molar refractivity (Wildman–Crippen MR) is 95.2 cm³/mol. The number of ether oxygens (including phenoxy) is 1. The van der Waals surface area contributed by atoms with Crippen molar-refractivity contribution in [1.82, 2.24) is 10.3 Å². The van der Waals surface area contributed by atoms with Gasteiger partial charge >= 0.3 is 0 Å². The van der Waals surface area contributed by atoms with Gasteiger partial charge in [-0.05, 0) is 48.9 Å². The first kappa shape index (κ1) is 17.1. The Morgan fingerprint density at radius 2 is 1.92 bits per heavy atom. The van der Waals surface area contributed by atoms with Crippen LogP contribution in [0.4, 0.5) is 4.39 Å². The number of nitrogens with one attached hydrogen (secondary N) is 1. The minimum atomic E-state index is -0.296. The molecule has 0 radical (unpaired) electrons. The van der Waals surface area contributed by atoms with Crippen LogP contribution in [0.2, 0.25) is 0 Å². The van der Waals surface area contributed by atoms with Gasteiger partial charge in [-0.25, -0.2) is 9.37 Å². The maximum Gasteiger partial charge on any atom is 0.251 e. The average molecular weight is 356 g/mol. The van der Waals surface area contributed by atoms with E-state index >= 15 is 0 Å². The number of carbonyl (C=O) groups is 1. The first-order chi connectivity index (χ1) is 12.1. The maximum atomic E-state index is 13.0. The number of nitrogens with zero attached hydrogens (tertiary/aromatic N) is 1. The van der Waals surface area contributed by atoms with Crippen LogP contribution < -0.4 is 10.1 Å². The highest BCUT2D eigenvalue weighted by atomic mass is 32.1. The zero-order valence-electron chi connectivity index (χ0n) is 13.6. The fourth-order valence-electron chi connectivity index (χ4n) is 2.28. The lowest BCUT2D eigenvalue weighted by atomic mass is 10.1. The molecule has 1 amide bonds. The fraction of sp³-hybridized carbons (Fsp3) is 0.158. The lowest BCUT2D eigenvalue weighted by Crippen LogP contribution is -2.26. The summed E-state index contributed by atoms with van der Waals surface area (Å²) >= 11 is 1.52. The van der Waals surface area contributed by atoms with Gasteiger partial charge < -0.3 is 10.1 Å². The van der Waals surface area contributed by atoms with Gasteiger partial charge in [-0.15, -0.1) is 11.3 Å². The lowest BCUT2D eigenvalue weighted by Gasteiger charge is -2.14. The number of benzene rings is 2. The van der Waals surface area contributed by atoms with Gasteiger partial charge in [0.05, 0.1) is 17.2 Å². The highest BCUT2D eigenvalue weighted by Gasteiger charge is 2.11. The quantitative estimate of drug-likeness (QED) is 0.714. The minimum absolute atomic E-state index is 0.192. The van der Waals surface area contributed by atoms with Crippen LogP contribution in [0.25, 0.3) is 0 Å². The number of carbonyl (C=O) groups excluding carboxylic acids is 1. The highest BCUT2D eigenvalue weighted by molar-refractivity contribution is 7.07. The summed E-state index contributed by atoms with van der Waals surface area (Å²) in [6.45, 7) is 2.26. The fourth-order valence-corrected chi connectivity index (χ4v) is 2.83. The van der Waals surface area contributed by atoms with Crippen LogP contribution in [-0.2, 0) is 6.61 Å². The van der Waals surface area contributed by atoms with Gasteiger partial charge in [0.2, 0.25) is 0 Å². The zero-order valence-corrected chi connectivity index (χ0v) is 14.4. The van der Waals surface area contributed by atoms with Gasteiger partial charge in [-0.1, -0.05) is 12.1 Å². The van der Waals surface area contributed by atoms with Crippen molar-refractivity contribution in [3.63, 3.8) is 0 Å². The van der Waals surface area contributed by atoms with Crippen LogP contribution in [0, 0.1) is 5.82 Å². The van der Waals surface area contributed by atoms with Crippen LogP contribution in [-0.4, -0.2) is 10.9 Å². The van der Waals surface area contributed by atoms with Gasteiger partial charge in [0, 0.05) is 10.9 Å². The summed E-state index contributed by atoms with van der Waals surface area (Å²) in [6.07, 6.45) is 0. The molecule has 128 valence electrons. The summed E-state index contributed by atoms with van der Waals surface area (Å²) in [4.78, 5) is 16.5. The van der Waals surface area contributed by atoms with E-state index in [0.717, 1.165) is 11.3 Å². The van der Waals surface area contributed by atoms with Crippen LogP contribution in [0.5, 0.6) is 5.75 Å². The molecule has 1 heterocycles. The van der Waals surface area contributed by atoms with E-state index in [4.69, 9.17) is 4.74 Å². The molecule has 0 saturated heterocycles. The third-order valence-corrected chi connectivity index (χ3v) is 4.34. The molecular weight excluding hydrogens is 339 g/mol. The smallest absolute Gasteiger partial charge is 0.251 e. The van der Waals surface area contributed by atoms with Crippen LogP contribution in [0.15, 0.2) is 59.4 Å². The van der Waals surface area contributed by atoms with Gasteiger partial charge in [0.15, 0.2) is 0 Å². The first-order valence-electron chi connectivity index (χ1n) is 7.78. The first-order valence-corrected chi connectivity index (χ1v) is 8.72. The van der Waals surface area contributed by atoms with Gasteiger partial charge in [-0.2, -0.15) is 0 Å². The Kier molecular flexibility index (Phi) is 5.40. The normalized spacial score (nSPS) is 11.8. The second kappa shape index (κ2) is 7.90. The van der Waals surface area contributed by atoms with Crippen molar-refractivity contribution in [1.29, 1.82) is 0 Å². The molecule has 0 aliphatic rings. The molecule has 0 fully saturated rings. The zero-order chi connectivity index (χ0) is 17.6. The molecule has 0 aliphatic carbocycles. The van der Waals surface area contributed by atoms with E-state index in [9.17, 15) is 9.18 Å². The maximum absolute atomic E-state index is 13.0. The molecule has 4 nitrogen and oxygen atoms in total. The number of aromatic nitrogens is 1. The van der Waals surface area contributed by atoms with Crippen molar-refractivity contribution in [2.75, 3.05) is 0 Å². The predicted octanol–water partition coefficient (Wildman–Crippen LogP) is 4.35. The number of halogens is 1. The Morgan fingerprint density at radius 3 is 2.56 bits per heavy atom. The molecule has 6 heteroatoms. The largest absolute Gasteiger partial charge is 0.487 e. The summed E-state index contributed by atoms with van der Waals surface area (Å²) in [5.74, 6) is 0.189. The summed E-state index contributed by atoms with van der Waals surface area (Å²) in [5, 5.41) is 4.82. The van der Waals surface area contributed by atoms with Crippen LogP contribution in [0.1, 0.15) is 34.6 Å². The molecule has 0 spiro atoms. The molecule has 1 atom stereocenters. The molecule has 2 aromatic carbocycles. The minimum Gasteiger partial charge on any atom is -0.487 e. The van der Waals surface area contributed by atoms with E-state index < -0.39 is 0 Å². The summed E-state index contributed by atoms with van der Waals surface area (Å²) < 4.78 is 18.6. The summed E-state index contributed by atoms with van der Waals surface area (Å²) in [5.41, 5.74) is 4.02. The summed E-state index contributed by atoms with van der Waals surface area (Å²) in [6, 6.07) is 12.8. The van der Waals surface area contributed by atoms with Crippen molar-refractivity contribution < 1.29 is 13.9 Å². The summed E-state index contributed by atoms with van der Waals surface area (Å²) in [7, 11) is 0. The topological polar surface area (TPSA) is 51.2 Å². The lowest BCUT2D eigenvalue weighted by molar-refractivity contribution is 0.0940.